The molecule has 30 heavy (non-hydrogen) atoms. The lowest BCUT2D eigenvalue weighted by Gasteiger charge is -2.35. The quantitative estimate of drug-likeness (QED) is 0.505. The average molecular weight is 414 g/mol. The SMILES string of the molecule is CN=C(NCc1cccnc1OC)NCC(c1ccc(OC)cc1)N1CCOCC1. The van der Waals surface area contributed by atoms with Gasteiger partial charge in [0.1, 0.15) is 5.75 Å². The average Bonchev–Trinajstić information content (AvgIpc) is 2.82. The highest BCUT2D eigenvalue weighted by Crippen LogP contribution is 2.23. The van der Waals surface area contributed by atoms with Gasteiger partial charge in [-0.2, -0.15) is 0 Å². The molecule has 8 nitrogen and oxygen atoms in total. The van der Waals surface area contributed by atoms with Crippen LogP contribution in [0, 0.1) is 0 Å². The predicted molar refractivity (Wildman–Crippen MR) is 117 cm³/mol. The summed E-state index contributed by atoms with van der Waals surface area (Å²) in [6, 6.07) is 12.3. The molecule has 162 valence electrons. The van der Waals surface area contributed by atoms with Crippen LogP contribution in [0.4, 0.5) is 0 Å². The van der Waals surface area contributed by atoms with Crippen LogP contribution in [0.15, 0.2) is 47.6 Å². The number of aliphatic imine (C=N–C) groups is 1. The van der Waals surface area contributed by atoms with Crippen molar-refractivity contribution in [1.29, 1.82) is 0 Å². The summed E-state index contributed by atoms with van der Waals surface area (Å²) >= 11 is 0. The Labute approximate surface area is 178 Å². The Morgan fingerprint density at radius 2 is 1.90 bits per heavy atom. The highest BCUT2D eigenvalue weighted by atomic mass is 16.5. The summed E-state index contributed by atoms with van der Waals surface area (Å²) in [5.41, 5.74) is 2.21. The van der Waals surface area contributed by atoms with E-state index in [1.165, 1.54) is 5.56 Å². The number of nitrogens with zero attached hydrogens (tertiary/aromatic N) is 3. The molecule has 1 unspecified atom stereocenters. The van der Waals surface area contributed by atoms with Gasteiger partial charge in [-0.25, -0.2) is 4.98 Å². The Bertz CT molecular complexity index is 807. The second-order valence-electron chi connectivity index (χ2n) is 6.92. The Hall–Kier alpha value is -2.84. The molecule has 0 saturated carbocycles. The van der Waals surface area contributed by atoms with Crippen LogP contribution in [0.3, 0.4) is 0 Å². The van der Waals surface area contributed by atoms with Crippen LogP contribution < -0.4 is 20.1 Å². The zero-order chi connectivity index (χ0) is 21.2. The molecule has 0 spiro atoms. The highest BCUT2D eigenvalue weighted by Gasteiger charge is 2.23. The number of morpholine rings is 1. The summed E-state index contributed by atoms with van der Waals surface area (Å²) in [6.07, 6.45) is 1.72. The van der Waals surface area contributed by atoms with Crippen LogP contribution in [-0.2, 0) is 11.3 Å². The lowest BCUT2D eigenvalue weighted by atomic mass is 10.0. The number of rotatable bonds is 8. The molecule has 1 aliphatic rings. The molecule has 1 atom stereocenters. The molecular weight excluding hydrogens is 382 g/mol. The van der Waals surface area contributed by atoms with Gasteiger partial charge in [-0.1, -0.05) is 18.2 Å². The van der Waals surface area contributed by atoms with Crippen molar-refractivity contribution in [3.8, 4) is 11.6 Å². The molecule has 1 aliphatic heterocycles. The van der Waals surface area contributed by atoms with Gasteiger partial charge in [0.2, 0.25) is 5.88 Å². The number of pyridine rings is 1. The van der Waals surface area contributed by atoms with E-state index in [1.807, 2.05) is 24.3 Å². The van der Waals surface area contributed by atoms with Gasteiger partial charge in [0.15, 0.2) is 5.96 Å². The second-order valence-corrected chi connectivity index (χ2v) is 6.92. The van der Waals surface area contributed by atoms with E-state index in [4.69, 9.17) is 14.2 Å². The maximum absolute atomic E-state index is 5.54. The fourth-order valence-corrected chi connectivity index (χ4v) is 3.51. The van der Waals surface area contributed by atoms with E-state index < -0.39 is 0 Å². The van der Waals surface area contributed by atoms with Crippen molar-refractivity contribution < 1.29 is 14.2 Å². The Balaban J connectivity index is 1.65. The maximum atomic E-state index is 5.54. The monoisotopic (exact) mass is 413 g/mol. The third-order valence-corrected chi connectivity index (χ3v) is 5.16. The van der Waals surface area contributed by atoms with E-state index in [0.29, 0.717) is 12.4 Å². The standard InChI is InChI=1S/C22H31N5O3/c1-23-22(25-15-18-5-4-10-24-21(18)29-3)26-16-20(27-11-13-30-14-12-27)17-6-8-19(28-2)9-7-17/h4-10,20H,11-16H2,1-3H3,(H2,23,25,26). The first-order valence-electron chi connectivity index (χ1n) is 10.1. The van der Waals surface area contributed by atoms with E-state index in [0.717, 1.165) is 50.1 Å². The first-order valence-corrected chi connectivity index (χ1v) is 10.1. The Morgan fingerprint density at radius 1 is 1.13 bits per heavy atom. The molecule has 1 saturated heterocycles. The largest absolute Gasteiger partial charge is 0.497 e. The molecule has 2 heterocycles. The number of guanidine groups is 1. The van der Waals surface area contributed by atoms with Crippen molar-refractivity contribution in [3.63, 3.8) is 0 Å². The van der Waals surface area contributed by atoms with Crippen molar-refractivity contribution in [2.75, 3.05) is 54.1 Å². The minimum absolute atomic E-state index is 0.200. The van der Waals surface area contributed by atoms with Crippen molar-refractivity contribution >= 4 is 5.96 Å². The minimum atomic E-state index is 0.200. The van der Waals surface area contributed by atoms with Crippen molar-refractivity contribution in [2.45, 2.75) is 12.6 Å². The zero-order valence-electron chi connectivity index (χ0n) is 17.9. The van der Waals surface area contributed by atoms with Gasteiger partial charge in [0, 0.05) is 45.0 Å². The van der Waals surface area contributed by atoms with Crippen LogP contribution in [0.1, 0.15) is 17.2 Å². The smallest absolute Gasteiger partial charge is 0.218 e. The molecule has 2 aromatic rings. The number of hydrogen-bond acceptors (Lipinski definition) is 6. The summed E-state index contributed by atoms with van der Waals surface area (Å²) in [6.45, 7) is 4.59. The lowest BCUT2D eigenvalue weighted by molar-refractivity contribution is 0.0170. The summed E-state index contributed by atoms with van der Waals surface area (Å²) in [5, 5.41) is 6.81. The third kappa shape index (κ3) is 5.84. The Kier molecular flexibility index (Phi) is 8.29. The van der Waals surface area contributed by atoms with Gasteiger partial charge in [0.25, 0.3) is 0 Å². The van der Waals surface area contributed by atoms with Gasteiger partial charge in [0.05, 0.1) is 33.5 Å². The molecule has 1 aromatic heterocycles. The van der Waals surface area contributed by atoms with E-state index in [1.54, 1.807) is 27.5 Å². The minimum Gasteiger partial charge on any atom is -0.497 e. The molecule has 2 N–H and O–H groups in total. The fraction of sp³-hybridized carbons (Fsp3) is 0.455. The zero-order valence-corrected chi connectivity index (χ0v) is 17.9. The normalized spacial score (nSPS) is 16.0. The van der Waals surface area contributed by atoms with Crippen molar-refractivity contribution in [1.82, 2.24) is 20.5 Å². The number of nitrogens with one attached hydrogen (secondary N) is 2. The number of aromatic nitrogens is 1. The topological polar surface area (TPSA) is 80.2 Å². The van der Waals surface area contributed by atoms with Crippen LogP contribution in [0.25, 0.3) is 0 Å². The molecule has 3 rings (SSSR count). The molecule has 0 amide bonds. The van der Waals surface area contributed by atoms with Gasteiger partial charge in [-0.3, -0.25) is 9.89 Å². The van der Waals surface area contributed by atoms with E-state index in [-0.39, 0.29) is 6.04 Å². The summed E-state index contributed by atoms with van der Waals surface area (Å²) < 4.78 is 16.2. The number of methoxy groups -OCH3 is 2. The van der Waals surface area contributed by atoms with Gasteiger partial charge in [-0.15, -0.1) is 0 Å². The number of ether oxygens (including phenoxy) is 3. The number of benzene rings is 1. The molecule has 1 fully saturated rings. The highest BCUT2D eigenvalue weighted by molar-refractivity contribution is 5.79. The van der Waals surface area contributed by atoms with E-state index >= 15 is 0 Å². The van der Waals surface area contributed by atoms with Crippen LogP contribution in [0.5, 0.6) is 11.6 Å². The maximum Gasteiger partial charge on any atom is 0.218 e. The third-order valence-electron chi connectivity index (χ3n) is 5.16. The van der Waals surface area contributed by atoms with Crippen molar-refractivity contribution in [2.24, 2.45) is 4.99 Å². The first kappa shape index (κ1) is 21.9. The van der Waals surface area contributed by atoms with Crippen LogP contribution in [0.2, 0.25) is 0 Å². The van der Waals surface area contributed by atoms with Gasteiger partial charge in [-0.05, 0) is 23.8 Å². The summed E-state index contributed by atoms with van der Waals surface area (Å²) in [7, 11) is 5.08. The molecular formula is C22H31N5O3. The molecule has 0 bridgehead atoms. The van der Waals surface area contributed by atoms with Gasteiger partial charge < -0.3 is 24.8 Å². The molecule has 0 radical (unpaired) electrons. The summed E-state index contributed by atoms with van der Waals surface area (Å²) in [4.78, 5) is 11.0. The van der Waals surface area contributed by atoms with E-state index in [9.17, 15) is 0 Å². The van der Waals surface area contributed by atoms with Gasteiger partial charge >= 0.3 is 0 Å². The predicted octanol–water partition coefficient (Wildman–Crippen LogP) is 1.84. The van der Waals surface area contributed by atoms with Crippen LogP contribution >= 0.6 is 0 Å². The second kappa shape index (κ2) is 11.4. The summed E-state index contributed by atoms with van der Waals surface area (Å²) in [5.74, 6) is 2.20. The van der Waals surface area contributed by atoms with Crippen LogP contribution in [-0.4, -0.2) is 70.0 Å². The lowest BCUT2D eigenvalue weighted by Crippen LogP contribution is -2.46. The fourth-order valence-electron chi connectivity index (χ4n) is 3.51. The first-order chi connectivity index (χ1) is 14.7. The molecule has 0 aliphatic carbocycles. The molecule has 1 aromatic carbocycles. The number of hydrogen-bond donors (Lipinski definition) is 2. The molecule has 8 heteroatoms. The Morgan fingerprint density at radius 3 is 2.57 bits per heavy atom. The van der Waals surface area contributed by atoms with Crippen molar-refractivity contribution in [3.05, 3.63) is 53.7 Å². The van der Waals surface area contributed by atoms with E-state index in [2.05, 4.69) is 37.6 Å².